The first-order chi connectivity index (χ1) is 11.7. The molecule has 0 aromatic heterocycles. The first-order valence-electron chi connectivity index (χ1n) is 9.20. The van der Waals surface area contributed by atoms with Crippen molar-refractivity contribution in [2.45, 2.75) is 37.8 Å². The molecule has 1 saturated heterocycles. The lowest BCUT2D eigenvalue weighted by Gasteiger charge is -2.36. The van der Waals surface area contributed by atoms with Crippen LogP contribution in [0.1, 0.15) is 37.3 Å². The molecule has 0 radical (unpaired) electrons. The van der Waals surface area contributed by atoms with Crippen LogP contribution in [0.2, 0.25) is 0 Å². The quantitative estimate of drug-likeness (QED) is 0.839. The lowest BCUT2D eigenvalue weighted by molar-refractivity contribution is -0.124. The van der Waals surface area contributed by atoms with Gasteiger partial charge in [-0.05, 0) is 55.2 Å². The largest absolute Gasteiger partial charge is 0.352 e. The number of benzene rings is 1. The molecule has 2 N–H and O–H groups in total. The molecule has 1 heterocycles. The Morgan fingerprint density at radius 1 is 1.29 bits per heavy atom. The zero-order valence-electron chi connectivity index (χ0n) is 14.0. The third-order valence-electron chi connectivity index (χ3n) is 5.52. The van der Waals surface area contributed by atoms with Gasteiger partial charge in [0.1, 0.15) is 5.82 Å². The van der Waals surface area contributed by atoms with Crippen LogP contribution in [-0.2, 0) is 4.79 Å². The summed E-state index contributed by atoms with van der Waals surface area (Å²) >= 11 is 0. The van der Waals surface area contributed by atoms with E-state index in [9.17, 15) is 9.18 Å². The van der Waals surface area contributed by atoms with E-state index in [2.05, 4.69) is 15.5 Å². The predicted octanol–water partition coefficient (Wildman–Crippen LogP) is 2.08. The fourth-order valence-corrected chi connectivity index (χ4v) is 3.93. The standard InChI is InChI=1S/C19H26FN3O/c20-16-3-1-2-15(10-16)17-11-21-8-9-23(17)12-18(24)22-19(13-4-5-13)14-6-7-14/h1-3,10,13-14,17,19,21H,4-9,11-12H2,(H,22,24). The molecule has 3 fully saturated rings. The van der Waals surface area contributed by atoms with Gasteiger partial charge in [0.15, 0.2) is 0 Å². The number of hydrogen-bond donors (Lipinski definition) is 2. The van der Waals surface area contributed by atoms with Gasteiger partial charge in [-0.1, -0.05) is 12.1 Å². The molecule has 1 aromatic rings. The summed E-state index contributed by atoms with van der Waals surface area (Å²) in [5, 5.41) is 6.65. The highest BCUT2D eigenvalue weighted by atomic mass is 19.1. The number of halogens is 1. The maximum absolute atomic E-state index is 13.6. The predicted molar refractivity (Wildman–Crippen MR) is 91.0 cm³/mol. The van der Waals surface area contributed by atoms with E-state index in [1.54, 1.807) is 12.1 Å². The average molecular weight is 331 g/mol. The summed E-state index contributed by atoms with van der Waals surface area (Å²) in [6.07, 6.45) is 5.06. The molecule has 130 valence electrons. The Labute approximate surface area is 142 Å². The molecule has 1 amide bonds. The molecule has 0 spiro atoms. The molecule has 2 aliphatic carbocycles. The molecule has 3 aliphatic rings. The molecule has 4 nitrogen and oxygen atoms in total. The monoisotopic (exact) mass is 331 g/mol. The van der Waals surface area contributed by atoms with Crippen molar-refractivity contribution in [3.63, 3.8) is 0 Å². The van der Waals surface area contributed by atoms with Gasteiger partial charge in [0.05, 0.1) is 6.54 Å². The highest BCUT2D eigenvalue weighted by molar-refractivity contribution is 5.78. The normalized spacial score (nSPS) is 25.0. The van der Waals surface area contributed by atoms with E-state index in [1.807, 2.05) is 6.07 Å². The topological polar surface area (TPSA) is 44.4 Å². The second-order valence-electron chi connectivity index (χ2n) is 7.51. The lowest BCUT2D eigenvalue weighted by atomic mass is 10.0. The van der Waals surface area contributed by atoms with Crippen molar-refractivity contribution < 1.29 is 9.18 Å². The van der Waals surface area contributed by atoms with Crippen LogP contribution in [0, 0.1) is 17.7 Å². The molecule has 1 aromatic carbocycles. The number of nitrogens with one attached hydrogen (secondary N) is 2. The number of rotatable bonds is 6. The fourth-order valence-electron chi connectivity index (χ4n) is 3.93. The molecule has 1 aliphatic heterocycles. The van der Waals surface area contributed by atoms with Gasteiger partial charge in [-0.15, -0.1) is 0 Å². The van der Waals surface area contributed by atoms with Gasteiger partial charge < -0.3 is 10.6 Å². The van der Waals surface area contributed by atoms with E-state index in [0.717, 1.165) is 25.2 Å². The summed E-state index contributed by atoms with van der Waals surface area (Å²) in [4.78, 5) is 14.8. The smallest absolute Gasteiger partial charge is 0.234 e. The summed E-state index contributed by atoms with van der Waals surface area (Å²) in [6.45, 7) is 2.84. The van der Waals surface area contributed by atoms with Crippen molar-refractivity contribution in [1.29, 1.82) is 0 Å². The Morgan fingerprint density at radius 2 is 2.04 bits per heavy atom. The van der Waals surface area contributed by atoms with Gasteiger partial charge in [-0.2, -0.15) is 0 Å². The van der Waals surface area contributed by atoms with Gasteiger partial charge in [0.2, 0.25) is 5.91 Å². The van der Waals surface area contributed by atoms with Gasteiger partial charge in [-0.25, -0.2) is 4.39 Å². The maximum Gasteiger partial charge on any atom is 0.234 e. The minimum absolute atomic E-state index is 0.0560. The van der Waals surface area contributed by atoms with Gasteiger partial charge in [-0.3, -0.25) is 9.69 Å². The number of amides is 1. The summed E-state index contributed by atoms with van der Waals surface area (Å²) < 4.78 is 13.6. The van der Waals surface area contributed by atoms with Crippen LogP contribution in [0.5, 0.6) is 0 Å². The summed E-state index contributed by atoms with van der Waals surface area (Å²) in [7, 11) is 0. The molecular weight excluding hydrogens is 305 g/mol. The SMILES string of the molecule is O=C(CN1CCNCC1c1cccc(F)c1)NC(C1CC1)C1CC1. The van der Waals surface area contributed by atoms with E-state index in [4.69, 9.17) is 0 Å². The number of hydrogen-bond acceptors (Lipinski definition) is 3. The molecule has 5 heteroatoms. The second-order valence-corrected chi connectivity index (χ2v) is 7.51. The van der Waals surface area contributed by atoms with Crippen molar-refractivity contribution in [1.82, 2.24) is 15.5 Å². The lowest BCUT2D eigenvalue weighted by Crippen LogP contribution is -2.51. The Balaban J connectivity index is 1.40. The Morgan fingerprint density at radius 3 is 2.71 bits per heavy atom. The van der Waals surface area contributed by atoms with Crippen LogP contribution >= 0.6 is 0 Å². The van der Waals surface area contributed by atoms with Crippen LogP contribution in [0.4, 0.5) is 4.39 Å². The number of carbonyl (C=O) groups is 1. The number of nitrogens with zero attached hydrogens (tertiary/aromatic N) is 1. The Bertz CT molecular complexity index is 588. The average Bonchev–Trinajstić information content (AvgIpc) is 3.47. The first-order valence-corrected chi connectivity index (χ1v) is 9.20. The zero-order valence-corrected chi connectivity index (χ0v) is 14.0. The third-order valence-corrected chi connectivity index (χ3v) is 5.52. The zero-order chi connectivity index (χ0) is 16.5. The Kier molecular flexibility index (Phi) is 4.55. The molecule has 1 atom stereocenters. The van der Waals surface area contributed by atoms with Gasteiger partial charge in [0, 0.05) is 31.7 Å². The summed E-state index contributed by atoms with van der Waals surface area (Å²) in [5.41, 5.74) is 0.941. The minimum atomic E-state index is -0.218. The molecule has 2 saturated carbocycles. The fraction of sp³-hybridized carbons (Fsp3) is 0.632. The highest BCUT2D eigenvalue weighted by Gasteiger charge is 2.42. The molecule has 1 unspecified atom stereocenters. The van der Waals surface area contributed by atoms with Crippen LogP contribution in [0.15, 0.2) is 24.3 Å². The van der Waals surface area contributed by atoms with Crippen LogP contribution in [0.3, 0.4) is 0 Å². The van der Waals surface area contributed by atoms with Gasteiger partial charge >= 0.3 is 0 Å². The van der Waals surface area contributed by atoms with E-state index in [0.29, 0.717) is 24.4 Å². The number of carbonyl (C=O) groups excluding carboxylic acids is 1. The van der Waals surface area contributed by atoms with E-state index < -0.39 is 0 Å². The highest BCUT2D eigenvalue weighted by Crippen LogP contribution is 2.44. The van der Waals surface area contributed by atoms with Crippen LogP contribution < -0.4 is 10.6 Å². The van der Waals surface area contributed by atoms with Crippen molar-refractivity contribution in [2.75, 3.05) is 26.2 Å². The number of piperazine rings is 1. The van der Waals surface area contributed by atoms with Crippen molar-refractivity contribution in [3.05, 3.63) is 35.6 Å². The minimum Gasteiger partial charge on any atom is -0.352 e. The van der Waals surface area contributed by atoms with Crippen LogP contribution in [-0.4, -0.2) is 43.0 Å². The molecular formula is C19H26FN3O. The van der Waals surface area contributed by atoms with E-state index in [1.165, 1.54) is 31.7 Å². The molecule has 4 rings (SSSR count). The maximum atomic E-state index is 13.6. The molecule has 0 bridgehead atoms. The Hall–Kier alpha value is -1.46. The van der Waals surface area contributed by atoms with Crippen molar-refractivity contribution >= 4 is 5.91 Å². The van der Waals surface area contributed by atoms with Crippen molar-refractivity contribution in [3.8, 4) is 0 Å². The summed E-state index contributed by atoms with van der Waals surface area (Å²) in [5.74, 6) is 1.33. The third kappa shape index (κ3) is 3.78. The van der Waals surface area contributed by atoms with E-state index >= 15 is 0 Å². The molecule has 24 heavy (non-hydrogen) atoms. The first kappa shape index (κ1) is 16.0. The summed E-state index contributed by atoms with van der Waals surface area (Å²) in [6, 6.07) is 7.19. The van der Waals surface area contributed by atoms with Crippen molar-refractivity contribution in [2.24, 2.45) is 11.8 Å². The van der Waals surface area contributed by atoms with E-state index in [-0.39, 0.29) is 17.8 Å². The second kappa shape index (κ2) is 6.81. The van der Waals surface area contributed by atoms with Crippen LogP contribution in [0.25, 0.3) is 0 Å². The van der Waals surface area contributed by atoms with Gasteiger partial charge in [0.25, 0.3) is 0 Å².